The number of benzene rings is 1. The largest absolute Gasteiger partial charge is 0.426 e. The number of carbonyl (C=O) groups is 1. The summed E-state index contributed by atoms with van der Waals surface area (Å²) in [5.41, 5.74) is 1.98. The van der Waals surface area contributed by atoms with Crippen LogP contribution in [0, 0.1) is 0 Å². The normalized spacial score (nSPS) is 11.0. The van der Waals surface area contributed by atoms with Crippen molar-refractivity contribution >= 4 is 12.0 Å². The second-order valence-corrected chi connectivity index (χ2v) is 4.80. The maximum Gasteiger partial charge on any atom is 0.308 e. The van der Waals surface area contributed by atoms with Crippen LogP contribution in [0.4, 0.5) is 0 Å². The van der Waals surface area contributed by atoms with Gasteiger partial charge >= 0.3 is 5.97 Å². The first kappa shape index (κ1) is 12.5. The molecule has 1 aromatic rings. The van der Waals surface area contributed by atoms with Crippen LogP contribution in [-0.2, 0) is 10.2 Å². The minimum absolute atomic E-state index is 0.0657. The standard InChI is InChI=1S/C14H18O2/c1-6-11-7-8-13(16-10(2)15)12(9-11)14(3,4)5/h6-9H,1H2,2-5H3. The second kappa shape index (κ2) is 4.52. The average Bonchev–Trinajstić information content (AvgIpc) is 2.15. The van der Waals surface area contributed by atoms with Crippen molar-refractivity contribution in [3.05, 3.63) is 35.9 Å². The monoisotopic (exact) mass is 218 g/mol. The first-order chi connectivity index (χ1) is 7.34. The molecule has 0 saturated carbocycles. The van der Waals surface area contributed by atoms with Gasteiger partial charge in [-0.2, -0.15) is 0 Å². The van der Waals surface area contributed by atoms with Crippen molar-refractivity contribution in [1.29, 1.82) is 0 Å². The van der Waals surface area contributed by atoms with Crippen molar-refractivity contribution in [2.75, 3.05) is 0 Å². The molecule has 0 atom stereocenters. The van der Waals surface area contributed by atoms with Gasteiger partial charge in [0.1, 0.15) is 5.75 Å². The summed E-state index contributed by atoms with van der Waals surface area (Å²) in [5.74, 6) is 0.336. The van der Waals surface area contributed by atoms with Gasteiger partial charge in [0, 0.05) is 12.5 Å². The van der Waals surface area contributed by atoms with Crippen LogP contribution in [0.1, 0.15) is 38.8 Å². The number of carbonyl (C=O) groups excluding carboxylic acids is 1. The van der Waals surface area contributed by atoms with Crippen LogP contribution < -0.4 is 4.74 Å². The molecule has 0 amide bonds. The summed E-state index contributed by atoms with van der Waals surface area (Å²) in [6.07, 6.45) is 1.78. The molecule has 0 unspecified atom stereocenters. The predicted octanol–water partition coefficient (Wildman–Crippen LogP) is 3.55. The van der Waals surface area contributed by atoms with Crippen LogP contribution in [0.5, 0.6) is 5.75 Å². The molecule has 0 aliphatic carbocycles. The molecule has 0 spiro atoms. The van der Waals surface area contributed by atoms with Gasteiger partial charge in [-0.3, -0.25) is 4.79 Å². The summed E-state index contributed by atoms with van der Waals surface area (Å²) in [7, 11) is 0. The fourth-order valence-corrected chi connectivity index (χ4v) is 1.50. The van der Waals surface area contributed by atoms with Crippen molar-refractivity contribution in [1.82, 2.24) is 0 Å². The highest BCUT2D eigenvalue weighted by atomic mass is 16.5. The average molecular weight is 218 g/mol. The molecule has 0 saturated heterocycles. The minimum atomic E-state index is -0.295. The van der Waals surface area contributed by atoms with E-state index in [0.29, 0.717) is 5.75 Å². The van der Waals surface area contributed by atoms with Gasteiger partial charge in [0.15, 0.2) is 0 Å². The Balaban J connectivity index is 3.27. The molecule has 0 N–H and O–H groups in total. The maximum atomic E-state index is 11.0. The quantitative estimate of drug-likeness (QED) is 0.560. The van der Waals surface area contributed by atoms with Gasteiger partial charge in [-0.1, -0.05) is 39.5 Å². The van der Waals surface area contributed by atoms with Crippen molar-refractivity contribution < 1.29 is 9.53 Å². The molecule has 0 bridgehead atoms. The van der Waals surface area contributed by atoms with E-state index in [-0.39, 0.29) is 11.4 Å². The Morgan fingerprint density at radius 1 is 1.38 bits per heavy atom. The molecule has 0 heterocycles. The lowest BCUT2D eigenvalue weighted by Gasteiger charge is -2.22. The van der Waals surface area contributed by atoms with Crippen molar-refractivity contribution in [2.24, 2.45) is 0 Å². The van der Waals surface area contributed by atoms with Crippen LogP contribution in [-0.4, -0.2) is 5.97 Å². The number of esters is 1. The lowest BCUT2D eigenvalue weighted by molar-refractivity contribution is -0.131. The zero-order valence-electron chi connectivity index (χ0n) is 10.3. The lowest BCUT2D eigenvalue weighted by atomic mass is 9.85. The number of hydrogen-bond donors (Lipinski definition) is 0. The number of ether oxygens (including phenoxy) is 1. The molecule has 2 nitrogen and oxygen atoms in total. The Bertz CT molecular complexity index is 411. The molecule has 0 radical (unpaired) electrons. The van der Waals surface area contributed by atoms with Gasteiger partial charge in [-0.25, -0.2) is 0 Å². The van der Waals surface area contributed by atoms with Gasteiger partial charge in [-0.15, -0.1) is 0 Å². The molecule has 0 aliphatic rings. The van der Waals surface area contributed by atoms with Crippen LogP contribution in [0.25, 0.3) is 6.08 Å². The molecule has 16 heavy (non-hydrogen) atoms. The first-order valence-electron chi connectivity index (χ1n) is 5.30. The number of hydrogen-bond acceptors (Lipinski definition) is 2. The van der Waals surface area contributed by atoms with Crippen molar-refractivity contribution in [2.45, 2.75) is 33.1 Å². The summed E-state index contributed by atoms with van der Waals surface area (Å²) in [5, 5.41) is 0. The smallest absolute Gasteiger partial charge is 0.308 e. The third kappa shape index (κ3) is 2.96. The summed E-state index contributed by atoms with van der Waals surface area (Å²) in [4.78, 5) is 11.0. The molecule has 2 heteroatoms. The fraction of sp³-hybridized carbons (Fsp3) is 0.357. The third-order valence-corrected chi connectivity index (χ3v) is 2.30. The van der Waals surface area contributed by atoms with Crippen LogP contribution in [0.2, 0.25) is 0 Å². The minimum Gasteiger partial charge on any atom is -0.426 e. The Morgan fingerprint density at radius 3 is 2.44 bits per heavy atom. The second-order valence-electron chi connectivity index (χ2n) is 4.80. The van der Waals surface area contributed by atoms with Gasteiger partial charge in [-0.05, 0) is 23.1 Å². The highest BCUT2D eigenvalue weighted by molar-refractivity contribution is 5.70. The highest BCUT2D eigenvalue weighted by Gasteiger charge is 2.20. The Hall–Kier alpha value is -1.57. The molecule has 86 valence electrons. The van der Waals surface area contributed by atoms with E-state index >= 15 is 0 Å². The van der Waals surface area contributed by atoms with E-state index in [1.54, 1.807) is 6.08 Å². The summed E-state index contributed by atoms with van der Waals surface area (Å²) < 4.78 is 5.20. The zero-order valence-corrected chi connectivity index (χ0v) is 10.3. The Morgan fingerprint density at radius 2 is 2.00 bits per heavy atom. The topological polar surface area (TPSA) is 26.3 Å². The van der Waals surface area contributed by atoms with Gasteiger partial charge < -0.3 is 4.74 Å². The molecule has 0 fully saturated rings. The van der Waals surface area contributed by atoms with E-state index in [9.17, 15) is 4.79 Å². The van der Waals surface area contributed by atoms with Crippen LogP contribution >= 0.6 is 0 Å². The van der Waals surface area contributed by atoms with E-state index < -0.39 is 0 Å². The maximum absolute atomic E-state index is 11.0. The van der Waals surface area contributed by atoms with Crippen LogP contribution in [0.15, 0.2) is 24.8 Å². The Kier molecular flexibility index (Phi) is 3.53. The summed E-state index contributed by atoms with van der Waals surface area (Å²) >= 11 is 0. The highest BCUT2D eigenvalue weighted by Crippen LogP contribution is 2.32. The van der Waals surface area contributed by atoms with E-state index in [1.165, 1.54) is 6.92 Å². The predicted molar refractivity (Wildman–Crippen MR) is 66.5 cm³/mol. The van der Waals surface area contributed by atoms with E-state index in [1.807, 2.05) is 18.2 Å². The van der Waals surface area contributed by atoms with Crippen molar-refractivity contribution in [3.8, 4) is 5.75 Å². The summed E-state index contributed by atoms with van der Waals surface area (Å²) in [6.45, 7) is 11.4. The van der Waals surface area contributed by atoms with E-state index in [4.69, 9.17) is 4.74 Å². The van der Waals surface area contributed by atoms with E-state index in [0.717, 1.165) is 11.1 Å². The van der Waals surface area contributed by atoms with Gasteiger partial charge in [0.25, 0.3) is 0 Å². The van der Waals surface area contributed by atoms with Gasteiger partial charge in [0.2, 0.25) is 0 Å². The molecular formula is C14H18O2. The molecular weight excluding hydrogens is 200 g/mol. The van der Waals surface area contributed by atoms with Gasteiger partial charge in [0.05, 0.1) is 0 Å². The molecule has 0 aromatic heterocycles. The van der Waals surface area contributed by atoms with Crippen molar-refractivity contribution in [3.63, 3.8) is 0 Å². The molecule has 1 rings (SSSR count). The molecule has 0 aliphatic heterocycles. The number of rotatable bonds is 2. The summed E-state index contributed by atoms with van der Waals surface area (Å²) in [6, 6.07) is 5.71. The fourth-order valence-electron chi connectivity index (χ4n) is 1.50. The molecule has 1 aromatic carbocycles. The zero-order chi connectivity index (χ0) is 12.3. The lowest BCUT2D eigenvalue weighted by Crippen LogP contribution is -2.15. The van der Waals surface area contributed by atoms with E-state index in [2.05, 4.69) is 27.4 Å². The first-order valence-corrected chi connectivity index (χ1v) is 5.30. The SMILES string of the molecule is C=Cc1ccc(OC(C)=O)c(C(C)(C)C)c1. The van der Waals surface area contributed by atoms with Crippen LogP contribution in [0.3, 0.4) is 0 Å². The Labute approximate surface area is 96.9 Å². The third-order valence-electron chi connectivity index (χ3n) is 2.30.